The van der Waals surface area contributed by atoms with Crippen molar-refractivity contribution in [3.8, 4) is 0 Å². The average molecular weight is 441 g/mol. The molecule has 0 amide bonds. The number of carboxylic acid groups (broad SMARTS) is 1. The van der Waals surface area contributed by atoms with E-state index in [1.165, 1.54) is 25.3 Å². The number of aliphatic carboxylic acids is 1. The Morgan fingerprint density at radius 3 is 2.63 bits per heavy atom. The van der Waals surface area contributed by atoms with Crippen molar-refractivity contribution < 1.29 is 24.4 Å². The molecule has 0 aliphatic carbocycles. The van der Waals surface area contributed by atoms with Crippen molar-refractivity contribution >= 4 is 33.6 Å². The van der Waals surface area contributed by atoms with Gasteiger partial charge in [0.25, 0.3) is 5.69 Å². The van der Waals surface area contributed by atoms with Crippen molar-refractivity contribution in [1.29, 1.82) is 0 Å². The number of carbonyl (C=O) groups is 2. The average Bonchev–Trinajstić information content (AvgIpc) is 2.62. The lowest BCUT2D eigenvalue weighted by atomic mass is 9.61. The molecule has 0 fully saturated rings. The predicted octanol–water partition coefficient (Wildman–Crippen LogP) is 2.97. The van der Waals surface area contributed by atoms with E-state index in [4.69, 9.17) is 4.74 Å². The van der Waals surface area contributed by atoms with Gasteiger partial charge >= 0.3 is 11.9 Å². The Kier molecular flexibility index (Phi) is 6.25. The molecular weight excluding hydrogens is 420 g/mol. The molecule has 9 heteroatoms. The van der Waals surface area contributed by atoms with E-state index in [-0.39, 0.29) is 17.7 Å². The molecule has 1 aromatic rings. The van der Waals surface area contributed by atoms with Crippen LogP contribution in [0.5, 0.6) is 0 Å². The summed E-state index contributed by atoms with van der Waals surface area (Å²) in [5, 5.41) is 24.9. The number of rotatable bonds is 6. The molecule has 8 nitrogen and oxygen atoms in total. The zero-order chi connectivity index (χ0) is 20.4. The fraction of sp³-hybridized carbons (Fsp3) is 0.444. The van der Waals surface area contributed by atoms with Gasteiger partial charge in [-0.25, -0.2) is 4.79 Å². The van der Waals surface area contributed by atoms with Gasteiger partial charge in [0.05, 0.1) is 23.0 Å². The number of nitro groups is 1. The Morgan fingerprint density at radius 2 is 2.11 bits per heavy atom. The maximum Gasteiger partial charge on any atom is 0.336 e. The zero-order valence-electron chi connectivity index (χ0n) is 15.2. The molecule has 0 bridgehead atoms. The molecule has 2 rings (SSSR count). The number of non-ortho nitro benzene ring substituents is 1. The Bertz CT molecular complexity index is 809. The van der Waals surface area contributed by atoms with E-state index in [2.05, 4.69) is 21.2 Å². The second-order valence-electron chi connectivity index (χ2n) is 6.47. The van der Waals surface area contributed by atoms with Crippen molar-refractivity contribution in [3.63, 3.8) is 0 Å². The Morgan fingerprint density at radius 1 is 1.44 bits per heavy atom. The van der Waals surface area contributed by atoms with Crippen molar-refractivity contribution in [2.45, 2.75) is 32.2 Å². The van der Waals surface area contributed by atoms with Crippen LogP contribution in [0.15, 0.2) is 35.5 Å². The number of carboxylic acids is 1. The van der Waals surface area contributed by atoms with Gasteiger partial charge in [-0.3, -0.25) is 14.9 Å². The Balaban J connectivity index is 2.84. The highest BCUT2D eigenvalue weighted by atomic mass is 79.9. The number of nitrogens with one attached hydrogen (secondary N) is 1. The lowest BCUT2D eigenvalue weighted by molar-refractivity contribution is -0.384. The predicted molar refractivity (Wildman–Crippen MR) is 102 cm³/mol. The molecular formula is C18H21BrN2O6. The minimum absolute atomic E-state index is 0.166. The number of nitrogens with zero attached hydrogens (tertiary/aromatic N) is 1. The van der Waals surface area contributed by atoms with Crippen LogP contribution in [0.4, 0.5) is 5.69 Å². The summed E-state index contributed by atoms with van der Waals surface area (Å²) >= 11 is 3.31. The van der Waals surface area contributed by atoms with E-state index in [9.17, 15) is 24.8 Å². The van der Waals surface area contributed by atoms with Gasteiger partial charge in [0.1, 0.15) is 0 Å². The molecule has 1 aromatic carbocycles. The first-order valence-electron chi connectivity index (χ1n) is 8.30. The van der Waals surface area contributed by atoms with Crippen LogP contribution in [0.25, 0.3) is 0 Å². The molecule has 27 heavy (non-hydrogen) atoms. The molecule has 3 atom stereocenters. The number of allylic oxidation sites excluding steroid dienone is 1. The van der Waals surface area contributed by atoms with E-state index in [0.717, 1.165) is 0 Å². The third kappa shape index (κ3) is 3.55. The molecule has 1 aliphatic rings. The fourth-order valence-corrected chi connectivity index (χ4v) is 4.51. The second kappa shape index (κ2) is 8.08. The first-order chi connectivity index (χ1) is 12.7. The highest BCUT2D eigenvalue weighted by molar-refractivity contribution is 9.09. The number of ether oxygens (including phenoxy) is 1. The SMILES string of the molecule is COC(=O)C1=C(C)NC(C)C(CCBr)(C(=O)O)C1c1cccc([N+](=O)[O-])c1. The fourth-order valence-electron chi connectivity index (χ4n) is 3.85. The summed E-state index contributed by atoms with van der Waals surface area (Å²) in [5.74, 6) is -2.66. The van der Waals surface area contributed by atoms with Crippen LogP contribution in [-0.4, -0.2) is 40.5 Å². The van der Waals surface area contributed by atoms with Crippen molar-refractivity contribution in [2.75, 3.05) is 12.4 Å². The van der Waals surface area contributed by atoms with Gasteiger partial charge in [0.2, 0.25) is 0 Å². The van der Waals surface area contributed by atoms with Gasteiger partial charge < -0.3 is 15.2 Å². The number of hydrogen-bond donors (Lipinski definition) is 2. The van der Waals surface area contributed by atoms with Gasteiger partial charge in [-0.1, -0.05) is 28.1 Å². The summed E-state index contributed by atoms with van der Waals surface area (Å²) < 4.78 is 4.90. The quantitative estimate of drug-likeness (QED) is 0.302. The molecule has 1 aliphatic heterocycles. The lowest BCUT2D eigenvalue weighted by Crippen LogP contribution is -2.56. The summed E-state index contributed by atoms with van der Waals surface area (Å²) in [6.45, 7) is 3.41. The number of halogens is 1. The van der Waals surface area contributed by atoms with Gasteiger partial charge in [0.15, 0.2) is 0 Å². The van der Waals surface area contributed by atoms with Crippen LogP contribution < -0.4 is 5.32 Å². The lowest BCUT2D eigenvalue weighted by Gasteiger charge is -2.47. The summed E-state index contributed by atoms with van der Waals surface area (Å²) in [6, 6.07) is 5.23. The number of methoxy groups -OCH3 is 1. The zero-order valence-corrected chi connectivity index (χ0v) is 16.8. The summed E-state index contributed by atoms with van der Waals surface area (Å²) in [6.07, 6.45) is 0.206. The molecule has 0 saturated carbocycles. The molecule has 146 valence electrons. The third-order valence-corrected chi connectivity index (χ3v) is 5.54. The monoisotopic (exact) mass is 440 g/mol. The Hall–Kier alpha value is -2.42. The van der Waals surface area contributed by atoms with Gasteiger partial charge in [-0.2, -0.15) is 0 Å². The van der Waals surface area contributed by atoms with Gasteiger partial charge in [0, 0.05) is 35.1 Å². The van der Waals surface area contributed by atoms with Crippen LogP contribution in [0, 0.1) is 15.5 Å². The van der Waals surface area contributed by atoms with Crippen molar-refractivity contribution in [3.05, 3.63) is 51.2 Å². The van der Waals surface area contributed by atoms with Crippen LogP contribution in [0.3, 0.4) is 0 Å². The molecule has 3 unspecified atom stereocenters. The third-order valence-electron chi connectivity index (χ3n) is 5.14. The maximum absolute atomic E-state index is 12.5. The van der Waals surface area contributed by atoms with Crippen molar-refractivity contribution in [1.82, 2.24) is 5.32 Å². The molecule has 1 heterocycles. The van der Waals surface area contributed by atoms with Crippen LogP contribution >= 0.6 is 15.9 Å². The van der Waals surface area contributed by atoms with Crippen molar-refractivity contribution in [2.24, 2.45) is 5.41 Å². The summed E-state index contributed by atoms with van der Waals surface area (Å²) in [5.41, 5.74) is -0.516. The van der Waals surface area contributed by atoms with E-state index < -0.39 is 34.2 Å². The highest BCUT2D eigenvalue weighted by Gasteiger charge is 2.56. The normalized spacial score (nSPS) is 24.9. The summed E-state index contributed by atoms with van der Waals surface area (Å²) in [4.78, 5) is 35.7. The largest absolute Gasteiger partial charge is 0.481 e. The number of nitro benzene ring substituents is 1. The molecule has 0 saturated heterocycles. The maximum atomic E-state index is 12.5. The number of alkyl halides is 1. The van der Waals surface area contributed by atoms with E-state index in [1.54, 1.807) is 19.9 Å². The van der Waals surface area contributed by atoms with E-state index in [0.29, 0.717) is 16.6 Å². The minimum Gasteiger partial charge on any atom is -0.481 e. The number of carbonyl (C=O) groups excluding carboxylic acids is 1. The molecule has 0 spiro atoms. The Labute approximate surface area is 164 Å². The van der Waals surface area contributed by atoms with Crippen LogP contribution in [0.1, 0.15) is 31.7 Å². The minimum atomic E-state index is -1.40. The first kappa shape index (κ1) is 20.9. The number of esters is 1. The molecule has 0 aromatic heterocycles. The van der Waals surface area contributed by atoms with Gasteiger partial charge in [-0.15, -0.1) is 0 Å². The standard InChI is InChI=1S/C18H21BrN2O6/c1-10-14(16(22)27-3)15(12-5-4-6-13(9-12)21(25)26)18(7-8-19,17(23)24)11(2)20-10/h4-6,9,11,15,20H,7-8H2,1-3H3,(H,23,24). The first-order valence-corrected chi connectivity index (χ1v) is 9.42. The highest BCUT2D eigenvalue weighted by Crippen LogP contribution is 2.51. The summed E-state index contributed by atoms with van der Waals surface area (Å²) in [7, 11) is 1.22. The van der Waals surface area contributed by atoms with Gasteiger partial charge in [-0.05, 0) is 25.8 Å². The number of hydrogen-bond acceptors (Lipinski definition) is 6. The second-order valence-corrected chi connectivity index (χ2v) is 7.26. The number of benzene rings is 1. The smallest absolute Gasteiger partial charge is 0.336 e. The van der Waals surface area contributed by atoms with E-state index >= 15 is 0 Å². The van der Waals surface area contributed by atoms with E-state index in [1.807, 2.05) is 0 Å². The molecule has 0 radical (unpaired) electrons. The van der Waals surface area contributed by atoms with Crippen LogP contribution in [0.2, 0.25) is 0 Å². The van der Waals surface area contributed by atoms with Crippen LogP contribution in [-0.2, 0) is 14.3 Å². The molecule has 2 N–H and O–H groups in total. The topological polar surface area (TPSA) is 119 Å².